The fourth-order valence-electron chi connectivity index (χ4n) is 0.686. The highest BCUT2D eigenvalue weighted by molar-refractivity contribution is 5.08. The molecule has 1 fully saturated rings. The van der Waals surface area contributed by atoms with Gasteiger partial charge in [0.15, 0.2) is 0 Å². The van der Waals surface area contributed by atoms with Crippen LogP contribution in [0, 0.1) is 0 Å². The van der Waals surface area contributed by atoms with Crippen molar-refractivity contribution in [2.45, 2.75) is 32.0 Å². The van der Waals surface area contributed by atoms with Gasteiger partial charge in [0.05, 0.1) is 0 Å². The molecule has 0 radical (unpaired) electrons. The third-order valence-electron chi connectivity index (χ3n) is 2.17. The molecule has 0 bridgehead atoms. The van der Waals surface area contributed by atoms with Gasteiger partial charge in [0.2, 0.25) is 0 Å². The predicted molar refractivity (Wildman–Crippen MR) is 31.6 cm³/mol. The summed E-state index contributed by atoms with van der Waals surface area (Å²) in [6, 6.07) is 0. The van der Waals surface area contributed by atoms with Crippen molar-refractivity contribution in [1.82, 2.24) is 5.32 Å². The third-order valence-corrected chi connectivity index (χ3v) is 2.17. The number of alkyl halides is 1. The lowest BCUT2D eigenvalue weighted by atomic mass is 9.78. The van der Waals surface area contributed by atoms with Crippen LogP contribution in [-0.2, 0) is 0 Å². The van der Waals surface area contributed by atoms with Crippen LogP contribution in [-0.4, -0.2) is 17.8 Å². The van der Waals surface area contributed by atoms with Crippen molar-refractivity contribution in [1.29, 1.82) is 0 Å². The van der Waals surface area contributed by atoms with Crippen LogP contribution in [0.3, 0.4) is 0 Å². The Morgan fingerprint density at radius 1 is 1.38 bits per heavy atom. The molecule has 0 aliphatic carbocycles. The summed E-state index contributed by atoms with van der Waals surface area (Å²) in [6.07, 6.45) is 0. The minimum atomic E-state index is -0.993. The SMILES string of the molecule is CC1(F)CNC1(C)C. The van der Waals surface area contributed by atoms with Gasteiger partial charge < -0.3 is 5.32 Å². The van der Waals surface area contributed by atoms with Crippen molar-refractivity contribution in [2.75, 3.05) is 6.54 Å². The molecule has 0 saturated carbocycles. The quantitative estimate of drug-likeness (QED) is 0.501. The Morgan fingerprint density at radius 2 is 1.75 bits per heavy atom. The molecule has 8 heavy (non-hydrogen) atoms. The average Bonchev–Trinajstić information content (AvgIpc) is 1.64. The number of halogens is 1. The van der Waals surface area contributed by atoms with Gasteiger partial charge in [0.25, 0.3) is 0 Å². The highest BCUT2D eigenvalue weighted by atomic mass is 19.1. The normalized spacial score (nSPS) is 43.5. The fourth-order valence-corrected chi connectivity index (χ4v) is 0.686. The molecule has 48 valence electrons. The second-order valence-electron chi connectivity index (χ2n) is 3.18. The number of hydrogen-bond donors (Lipinski definition) is 1. The van der Waals surface area contributed by atoms with E-state index in [0.717, 1.165) is 0 Å². The first-order valence-corrected chi connectivity index (χ1v) is 2.90. The zero-order chi connectivity index (χ0) is 6.41. The van der Waals surface area contributed by atoms with Crippen molar-refractivity contribution in [3.8, 4) is 0 Å². The van der Waals surface area contributed by atoms with Gasteiger partial charge in [-0.1, -0.05) is 0 Å². The highest BCUT2D eigenvalue weighted by Gasteiger charge is 2.49. The summed E-state index contributed by atoms with van der Waals surface area (Å²) in [5.74, 6) is 0. The summed E-state index contributed by atoms with van der Waals surface area (Å²) in [6.45, 7) is 5.87. The lowest BCUT2D eigenvalue weighted by Gasteiger charge is -2.49. The molecule has 1 rings (SSSR count). The third kappa shape index (κ3) is 0.558. The maximum atomic E-state index is 12.9. The van der Waals surface area contributed by atoms with Crippen molar-refractivity contribution < 1.29 is 4.39 Å². The van der Waals surface area contributed by atoms with Crippen LogP contribution >= 0.6 is 0 Å². The van der Waals surface area contributed by atoms with Crippen molar-refractivity contribution in [3.63, 3.8) is 0 Å². The predicted octanol–water partition coefficient (Wildman–Crippen LogP) is 1.10. The monoisotopic (exact) mass is 117 g/mol. The minimum Gasteiger partial charge on any atom is -0.306 e. The first kappa shape index (κ1) is 6.02. The zero-order valence-electron chi connectivity index (χ0n) is 5.59. The Labute approximate surface area is 49.3 Å². The van der Waals surface area contributed by atoms with Crippen LogP contribution in [0.15, 0.2) is 0 Å². The van der Waals surface area contributed by atoms with E-state index in [1.54, 1.807) is 6.92 Å². The topological polar surface area (TPSA) is 12.0 Å². The Morgan fingerprint density at radius 3 is 1.75 bits per heavy atom. The summed E-state index contributed by atoms with van der Waals surface area (Å²) >= 11 is 0. The van der Waals surface area contributed by atoms with Gasteiger partial charge in [0.1, 0.15) is 5.67 Å². The van der Waals surface area contributed by atoms with Crippen molar-refractivity contribution >= 4 is 0 Å². The first-order chi connectivity index (χ1) is 3.46. The van der Waals surface area contributed by atoms with Gasteiger partial charge in [-0.25, -0.2) is 4.39 Å². The molecule has 1 aliphatic heterocycles. The average molecular weight is 117 g/mol. The summed E-state index contributed by atoms with van der Waals surface area (Å²) in [5.41, 5.74) is -1.29. The molecule has 1 heterocycles. The molecule has 0 aromatic heterocycles. The van der Waals surface area contributed by atoms with Gasteiger partial charge >= 0.3 is 0 Å². The minimum absolute atomic E-state index is 0.299. The summed E-state index contributed by atoms with van der Waals surface area (Å²) in [7, 11) is 0. The fraction of sp³-hybridized carbons (Fsp3) is 1.00. The molecule has 2 heteroatoms. The lowest BCUT2D eigenvalue weighted by Crippen LogP contribution is -2.71. The van der Waals surface area contributed by atoms with Crippen molar-refractivity contribution in [2.24, 2.45) is 0 Å². The standard InChI is InChI=1S/C6H12FN/c1-5(2)6(3,7)4-8-5/h8H,4H2,1-3H3. The Kier molecular flexibility index (Phi) is 0.932. The van der Waals surface area contributed by atoms with Crippen LogP contribution in [0.2, 0.25) is 0 Å². The number of rotatable bonds is 0. The molecule has 0 aromatic rings. The van der Waals surface area contributed by atoms with Gasteiger partial charge in [-0.3, -0.25) is 0 Å². The van der Waals surface area contributed by atoms with Crippen molar-refractivity contribution in [3.05, 3.63) is 0 Å². The van der Waals surface area contributed by atoms with Crippen LogP contribution in [0.1, 0.15) is 20.8 Å². The van der Waals surface area contributed by atoms with Crippen LogP contribution < -0.4 is 5.32 Å². The van der Waals surface area contributed by atoms with Gasteiger partial charge in [-0.15, -0.1) is 0 Å². The smallest absolute Gasteiger partial charge is 0.138 e. The molecular weight excluding hydrogens is 105 g/mol. The molecule has 0 aromatic carbocycles. The second-order valence-corrected chi connectivity index (χ2v) is 3.18. The number of hydrogen-bond acceptors (Lipinski definition) is 1. The van der Waals surface area contributed by atoms with E-state index in [0.29, 0.717) is 6.54 Å². The van der Waals surface area contributed by atoms with E-state index in [2.05, 4.69) is 5.32 Å². The molecule has 0 spiro atoms. The van der Waals surface area contributed by atoms with E-state index in [1.165, 1.54) is 0 Å². The molecule has 1 atom stereocenters. The Balaban J connectivity index is 2.63. The lowest BCUT2D eigenvalue weighted by molar-refractivity contribution is -0.0126. The zero-order valence-corrected chi connectivity index (χ0v) is 5.59. The first-order valence-electron chi connectivity index (χ1n) is 2.90. The van der Waals surface area contributed by atoms with Gasteiger partial charge in [0, 0.05) is 12.1 Å². The molecule has 0 amide bonds. The summed E-state index contributed by atoms with van der Waals surface area (Å²) in [4.78, 5) is 0. The van der Waals surface area contributed by atoms with E-state index in [1.807, 2.05) is 13.8 Å². The van der Waals surface area contributed by atoms with Crippen LogP contribution in [0.4, 0.5) is 4.39 Å². The van der Waals surface area contributed by atoms with E-state index in [9.17, 15) is 4.39 Å². The van der Waals surface area contributed by atoms with E-state index >= 15 is 0 Å². The second kappa shape index (κ2) is 1.24. The summed E-state index contributed by atoms with van der Waals surface area (Å²) < 4.78 is 12.9. The van der Waals surface area contributed by atoms with Crippen LogP contribution in [0.5, 0.6) is 0 Å². The molecule has 1 N–H and O–H groups in total. The maximum absolute atomic E-state index is 12.9. The molecule has 1 saturated heterocycles. The van der Waals surface area contributed by atoms with Gasteiger partial charge in [-0.05, 0) is 20.8 Å². The molecule has 1 unspecified atom stereocenters. The van der Waals surface area contributed by atoms with E-state index in [-0.39, 0.29) is 5.54 Å². The Hall–Kier alpha value is -0.110. The maximum Gasteiger partial charge on any atom is 0.138 e. The van der Waals surface area contributed by atoms with E-state index < -0.39 is 5.67 Å². The molecule has 1 aliphatic rings. The molecule has 1 nitrogen and oxygen atoms in total. The van der Waals surface area contributed by atoms with E-state index in [4.69, 9.17) is 0 Å². The van der Waals surface area contributed by atoms with Crippen LogP contribution in [0.25, 0.3) is 0 Å². The Bertz CT molecular complexity index is 93.1. The van der Waals surface area contributed by atoms with Gasteiger partial charge in [-0.2, -0.15) is 0 Å². The molecular formula is C6H12FN. The largest absolute Gasteiger partial charge is 0.306 e. The highest BCUT2D eigenvalue weighted by Crippen LogP contribution is 2.32. The number of nitrogens with one attached hydrogen (secondary N) is 1. The summed E-state index contributed by atoms with van der Waals surface area (Å²) in [5, 5.41) is 3.00.